The summed E-state index contributed by atoms with van der Waals surface area (Å²) in [5.41, 5.74) is 1.01. The lowest BCUT2D eigenvalue weighted by molar-refractivity contribution is 0.251. The van der Waals surface area contributed by atoms with Crippen LogP contribution in [0.25, 0.3) is 0 Å². The molecule has 106 valence electrons. The lowest BCUT2D eigenvalue weighted by Crippen LogP contribution is -2.29. The highest BCUT2D eigenvalue weighted by atomic mass is 16.2. The van der Waals surface area contributed by atoms with E-state index in [0.717, 1.165) is 12.0 Å². The van der Waals surface area contributed by atoms with Crippen molar-refractivity contribution >= 4 is 11.8 Å². The van der Waals surface area contributed by atoms with Gasteiger partial charge >= 0.3 is 6.03 Å². The van der Waals surface area contributed by atoms with Gasteiger partial charge in [0.25, 0.3) is 0 Å². The summed E-state index contributed by atoms with van der Waals surface area (Å²) in [4.78, 5) is 15.8. The molecular weight excluding hydrogens is 254 g/mol. The number of nitrogens with zero attached hydrogens (tertiary/aromatic N) is 3. The molecule has 0 spiro atoms. The van der Waals surface area contributed by atoms with Crippen LogP contribution >= 0.6 is 0 Å². The van der Waals surface area contributed by atoms with Crippen molar-refractivity contribution in [3.63, 3.8) is 0 Å². The second-order valence-electron chi connectivity index (χ2n) is 4.58. The van der Waals surface area contributed by atoms with Crippen molar-refractivity contribution in [2.75, 3.05) is 5.32 Å². The zero-order valence-electron chi connectivity index (χ0n) is 11.7. The van der Waals surface area contributed by atoms with E-state index in [-0.39, 0.29) is 12.1 Å². The van der Waals surface area contributed by atoms with Gasteiger partial charge in [-0.15, -0.1) is 0 Å². The van der Waals surface area contributed by atoms with Gasteiger partial charge in [-0.1, -0.05) is 6.92 Å². The number of pyridine rings is 1. The Hall–Kier alpha value is -2.37. The lowest BCUT2D eigenvalue weighted by Gasteiger charge is -2.14. The molecule has 2 aromatic rings. The van der Waals surface area contributed by atoms with Crippen molar-refractivity contribution in [3.05, 3.63) is 42.4 Å². The zero-order chi connectivity index (χ0) is 14.4. The minimum absolute atomic E-state index is 0.244. The molecular formula is C14H19N5O. The number of urea groups is 1. The van der Waals surface area contributed by atoms with Crippen LogP contribution in [0.1, 0.15) is 31.9 Å². The number of nitrogens with one attached hydrogen (secondary N) is 2. The first-order valence-corrected chi connectivity index (χ1v) is 6.68. The van der Waals surface area contributed by atoms with Crippen LogP contribution in [0.4, 0.5) is 10.6 Å². The summed E-state index contributed by atoms with van der Waals surface area (Å²) >= 11 is 0. The molecule has 0 bridgehead atoms. The zero-order valence-corrected chi connectivity index (χ0v) is 11.7. The molecule has 0 saturated heterocycles. The molecule has 2 N–H and O–H groups in total. The topological polar surface area (TPSA) is 71.8 Å². The molecule has 0 aliphatic heterocycles. The number of anilines is 1. The van der Waals surface area contributed by atoms with Crippen LogP contribution in [-0.2, 0) is 6.54 Å². The molecule has 0 aliphatic carbocycles. The van der Waals surface area contributed by atoms with E-state index >= 15 is 0 Å². The molecule has 2 rings (SSSR count). The minimum atomic E-state index is -0.244. The highest BCUT2D eigenvalue weighted by molar-refractivity contribution is 5.88. The number of rotatable bonds is 5. The van der Waals surface area contributed by atoms with Crippen LogP contribution in [-0.4, -0.2) is 20.8 Å². The van der Waals surface area contributed by atoms with Crippen molar-refractivity contribution in [1.82, 2.24) is 20.1 Å². The van der Waals surface area contributed by atoms with Crippen LogP contribution in [0.3, 0.4) is 0 Å². The summed E-state index contributed by atoms with van der Waals surface area (Å²) in [6.07, 6.45) is 6.04. The number of aromatic nitrogens is 3. The van der Waals surface area contributed by atoms with Crippen LogP contribution in [0.5, 0.6) is 0 Å². The molecule has 6 nitrogen and oxygen atoms in total. The second kappa shape index (κ2) is 6.70. The van der Waals surface area contributed by atoms with Crippen LogP contribution in [0, 0.1) is 0 Å². The first-order chi connectivity index (χ1) is 9.70. The van der Waals surface area contributed by atoms with E-state index in [1.807, 2.05) is 16.8 Å². The van der Waals surface area contributed by atoms with E-state index in [1.54, 1.807) is 24.7 Å². The molecule has 2 heterocycles. The Bertz CT molecular complexity index is 552. The fraction of sp³-hybridized carbons (Fsp3) is 0.357. The quantitative estimate of drug-likeness (QED) is 0.879. The Morgan fingerprint density at radius 2 is 2.05 bits per heavy atom. The van der Waals surface area contributed by atoms with Gasteiger partial charge in [0.2, 0.25) is 0 Å². The average molecular weight is 273 g/mol. The SMILES string of the molecule is CC[C@@H](C)n1nccc1NC(=O)NCc1ccncc1. The lowest BCUT2D eigenvalue weighted by atomic mass is 10.3. The smallest absolute Gasteiger partial charge is 0.320 e. The predicted octanol–water partition coefficient (Wildman–Crippen LogP) is 2.57. The Morgan fingerprint density at radius 1 is 1.30 bits per heavy atom. The molecule has 2 amide bonds. The summed E-state index contributed by atoms with van der Waals surface area (Å²) < 4.78 is 1.81. The Morgan fingerprint density at radius 3 is 2.75 bits per heavy atom. The molecule has 6 heteroatoms. The summed E-state index contributed by atoms with van der Waals surface area (Å²) in [6.45, 7) is 4.61. The maximum atomic E-state index is 11.9. The summed E-state index contributed by atoms with van der Waals surface area (Å²) in [5.74, 6) is 0.701. The van der Waals surface area contributed by atoms with Gasteiger partial charge in [0, 0.05) is 25.0 Å². The van der Waals surface area contributed by atoms with Crippen molar-refractivity contribution in [2.45, 2.75) is 32.9 Å². The first kappa shape index (κ1) is 14.0. The van der Waals surface area contributed by atoms with Crippen molar-refractivity contribution in [1.29, 1.82) is 0 Å². The van der Waals surface area contributed by atoms with Crippen molar-refractivity contribution < 1.29 is 4.79 Å². The van der Waals surface area contributed by atoms with Crippen LogP contribution < -0.4 is 10.6 Å². The monoisotopic (exact) mass is 273 g/mol. The third-order valence-corrected chi connectivity index (χ3v) is 3.12. The Kier molecular flexibility index (Phi) is 4.70. The van der Waals surface area contributed by atoms with Crippen molar-refractivity contribution in [3.8, 4) is 0 Å². The van der Waals surface area contributed by atoms with Gasteiger partial charge in [-0.2, -0.15) is 5.10 Å². The van der Waals surface area contributed by atoms with E-state index in [1.165, 1.54) is 0 Å². The number of carbonyl (C=O) groups is 1. The van der Waals surface area contributed by atoms with E-state index in [0.29, 0.717) is 12.4 Å². The highest BCUT2D eigenvalue weighted by Gasteiger charge is 2.10. The van der Waals surface area contributed by atoms with Gasteiger partial charge in [0.15, 0.2) is 0 Å². The molecule has 0 aliphatic rings. The molecule has 1 atom stereocenters. The first-order valence-electron chi connectivity index (χ1n) is 6.68. The number of amides is 2. The second-order valence-corrected chi connectivity index (χ2v) is 4.58. The van der Waals surface area contributed by atoms with Gasteiger partial charge in [-0.3, -0.25) is 10.3 Å². The normalized spacial score (nSPS) is 11.9. The third kappa shape index (κ3) is 3.57. The fourth-order valence-corrected chi connectivity index (χ4v) is 1.78. The highest BCUT2D eigenvalue weighted by Crippen LogP contribution is 2.16. The minimum Gasteiger partial charge on any atom is -0.334 e. The van der Waals surface area contributed by atoms with Gasteiger partial charge in [-0.25, -0.2) is 9.48 Å². The van der Waals surface area contributed by atoms with Crippen LogP contribution in [0.15, 0.2) is 36.8 Å². The molecule has 0 fully saturated rings. The van der Waals surface area contributed by atoms with Gasteiger partial charge in [0.1, 0.15) is 5.82 Å². The van der Waals surface area contributed by atoms with Crippen LogP contribution in [0.2, 0.25) is 0 Å². The van der Waals surface area contributed by atoms with Gasteiger partial charge < -0.3 is 5.32 Å². The molecule has 0 aromatic carbocycles. The van der Waals surface area contributed by atoms with Crippen molar-refractivity contribution in [2.24, 2.45) is 0 Å². The molecule has 0 unspecified atom stereocenters. The summed E-state index contributed by atoms with van der Waals surface area (Å²) in [7, 11) is 0. The Labute approximate surface area is 118 Å². The maximum Gasteiger partial charge on any atom is 0.320 e. The molecule has 20 heavy (non-hydrogen) atoms. The third-order valence-electron chi connectivity index (χ3n) is 3.12. The van der Waals surface area contributed by atoms with E-state index in [4.69, 9.17) is 0 Å². The van der Waals surface area contributed by atoms with Gasteiger partial charge in [0.05, 0.1) is 12.2 Å². The maximum absolute atomic E-state index is 11.9. The van der Waals surface area contributed by atoms with E-state index in [2.05, 4.69) is 34.6 Å². The number of hydrogen-bond donors (Lipinski definition) is 2. The van der Waals surface area contributed by atoms with E-state index in [9.17, 15) is 4.79 Å². The molecule has 0 saturated carbocycles. The molecule has 2 aromatic heterocycles. The summed E-state index contributed by atoms with van der Waals surface area (Å²) in [5, 5.41) is 9.84. The predicted molar refractivity (Wildman–Crippen MR) is 77.3 cm³/mol. The Balaban J connectivity index is 1.90. The number of carbonyl (C=O) groups excluding carboxylic acids is 1. The number of hydrogen-bond acceptors (Lipinski definition) is 3. The van der Waals surface area contributed by atoms with E-state index < -0.39 is 0 Å². The standard InChI is InChI=1S/C14H19N5O/c1-3-11(2)19-13(6-9-17-19)18-14(20)16-10-12-4-7-15-8-5-12/h4-9,11H,3,10H2,1-2H3,(H2,16,18,20)/t11-/m1/s1. The summed E-state index contributed by atoms with van der Waals surface area (Å²) in [6, 6.07) is 5.53. The van der Waals surface area contributed by atoms with Gasteiger partial charge in [-0.05, 0) is 31.0 Å². The average Bonchev–Trinajstić information content (AvgIpc) is 2.93. The molecule has 0 radical (unpaired) electrons. The fourth-order valence-electron chi connectivity index (χ4n) is 1.78. The largest absolute Gasteiger partial charge is 0.334 e.